The Morgan fingerprint density at radius 2 is 1.86 bits per heavy atom. The summed E-state index contributed by atoms with van der Waals surface area (Å²) < 4.78 is 26.8. The van der Waals surface area contributed by atoms with Crippen LogP contribution in [0.5, 0.6) is 0 Å². The number of pyridine rings is 1. The van der Waals surface area contributed by atoms with Gasteiger partial charge in [-0.05, 0) is 38.8 Å². The molecule has 0 radical (unpaired) electrons. The standard InChI is InChI=1S/C26H29F2N7O/c1-16-13-34(24(36)19-9-26(27,28)10-19)17(2)12-33(16)22-21-23(32-15-31-22)35(14-25(21)5-3-6-25)20-8-18(11-29)4-7-30-20/h4,7-8,15-17,19H,3,5-6,9-10,12-14H2,1-2H3/t16-,17+/m0/s1. The van der Waals surface area contributed by atoms with Crippen LogP contribution >= 0.6 is 0 Å². The number of piperazine rings is 1. The molecular weight excluding hydrogens is 464 g/mol. The summed E-state index contributed by atoms with van der Waals surface area (Å²) in [5.74, 6) is -1.01. The second-order valence-corrected chi connectivity index (χ2v) is 10.9. The number of carbonyl (C=O) groups is 1. The molecule has 1 amide bonds. The fraction of sp³-hybridized carbons (Fsp3) is 0.577. The van der Waals surface area contributed by atoms with E-state index in [9.17, 15) is 18.8 Å². The van der Waals surface area contributed by atoms with Crippen LogP contribution in [-0.2, 0) is 10.2 Å². The van der Waals surface area contributed by atoms with Crippen molar-refractivity contribution in [2.24, 2.45) is 5.92 Å². The molecule has 1 spiro atoms. The van der Waals surface area contributed by atoms with E-state index < -0.39 is 11.8 Å². The van der Waals surface area contributed by atoms with E-state index in [1.807, 2.05) is 6.92 Å². The number of carbonyl (C=O) groups excluding carboxylic acids is 1. The molecule has 0 bridgehead atoms. The van der Waals surface area contributed by atoms with Gasteiger partial charge in [-0.15, -0.1) is 0 Å². The van der Waals surface area contributed by atoms with Crippen molar-refractivity contribution in [1.82, 2.24) is 19.9 Å². The third-order valence-corrected chi connectivity index (χ3v) is 8.50. The number of nitriles is 1. The van der Waals surface area contributed by atoms with Crippen molar-refractivity contribution >= 4 is 23.4 Å². The molecule has 2 atom stereocenters. The number of amides is 1. The molecule has 2 aliphatic heterocycles. The lowest BCUT2D eigenvalue weighted by Gasteiger charge is -2.48. The van der Waals surface area contributed by atoms with E-state index in [1.165, 1.54) is 0 Å². The molecule has 2 aliphatic carbocycles. The summed E-state index contributed by atoms with van der Waals surface area (Å²) in [6.45, 7) is 5.85. The van der Waals surface area contributed by atoms with Gasteiger partial charge < -0.3 is 14.7 Å². The monoisotopic (exact) mass is 493 g/mol. The number of alkyl halides is 2. The van der Waals surface area contributed by atoms with Crippen LogP contribution in [0, 0.1) is 17.2 Å². The average molecular weight is 494 g/mol. The van der Waals surface area contributed by atoms with Gasteiger partial charge in [-0.1, -0.05) is 6.42 Å². The summed E-state index contributed by atoms with van der Waals surface area (Å²) in [6, 6.07) is 5.55. The number of hydrogen-bond acceptors (Lipinski definition) is 7. The number of halogens is 2. The predicted molar refractivity (Wildman–Crippen MR) is 129 cm³/mol. The normalized spacial score (nSPS) is 26.2. The molecule has 0 unspecified atom stereocenters. The van der Waals surface area contributed by atoms with Crippen LogP contribution in [0.4, 0.5) is 26.2 Å². The fourth-order valence-electron chi connectivity index (χ4n) is 6.36. The Morgan fingerprint density at radius 1 is 1.11 bits per heavy atom. The molecule has 188 valence electrons. The molecule has 6 rings (SSSR count). The zero-order valence-corrected chi connectivity index (χ0v) is 20.5. The maximum atomic E-state index is 13.4. The van der Waals surface area contributed by atoms with Gasteiger partial charge in [-0.2, -0.15) is 5.26 Å². The molecule has 4 heterocycles. The van der Waals surface area contributed by atoms with Crippen molar-refractivity contribution in [1.29, 1.82) is 5.26 Å². The maximum Gasteiger partial charge on any atom is 0.249 e. The maximum absolute atomic E-state index is 13.4. The zero-order chi connectivity index (χ0) is 25.2. The van der Waals surface area contributed by atoms with Crippen LogP contribution in [0.1, 0.15) is 57.1 Å². The van der Waals surface area contributed by atoms with Crippen molar-refractivity contribution in [3.8, 4) is 6.07 Å². The Bertz CT molecular complexity index is 1250. The van der Waals surface area contributed by atoms with Crippen molar-refractivity contribution in [3.05, 3.63) is 35.8 Å². The fourth-order valence-corrected chi connectivity index (χ4v) is 6.36. The molecule has 2 aromatic rings. The van der Waals surface area contributed by atoms with Gasteiger partial charge in [0.1, 0.15) is 23.8 Å². The van der Waals surface area contributed by atoms with E-state index in [2.05, 4.69) is 32.8 Å². The van der Waals surface area contributed by atoms with Gasteiger partial charge >= 0.3 is 0 Å². The zero-order valence-electron chi connectivity index (χ0n) is 20.5. The van der Waals surface area contributed by atoms with Crippen LogP contribution in [0.15, 0.2) is 24.7 Å². The summed E-state index contributed by atoms with van der Waals surface area (Å²) in [5, 5.41) is 9.37. The molecular formula is C26H29F2N7O. The van der Waals surface area contributed by atoms with Crippen LogP contribution in [0.3, 0.4) is 0 Å². The first-order chi connectivity index (χ1) is 17.2. The molecule has 8 nitrogen and oxygen atoms in total. The minimum absolute atomic E-state index is 0.0176. The highest BCUT2D eigenvalue weighted by atomic mass is 19.3. The Hall–Kier alpha value is -3.35. The van der Waals surface area contributed by atoms with Crippen molar-refractivity contribution in [3.63, 3.8) is 0 Å². The quantitative estimate of drug-likeness (QED) is 0.643. The van der Waals surface area contributed by atoms with Crippen molar-refractivity contribution in [2.45, 2.75) is 69.4 Å². The van der Waals surface area contributed by atoms with Gasteiger partial charge in [0.15, 0.2) is 0 Å². The summed E-state index contributed by atoms with van der Waals surface area (Å²) >= 11 is 0. The van der Waals surface area contributed by atoms with E-state index in [0.717, 1.165) is 43.0 Å². The number of fused-ring (bicyclic) bond motifs is 2. The predicted octanol–water partition coefficient (Wildman–Crippen LogP) is 3.79. The lowest BCUT2D eigenvalue weighted by atomic mass is 9.66. The van der Waals surface area contributed by atoms with E-state index in [1.54, 1.807) is 29.6 Å². The first-order valence-corrected chi connectivity index (χ1v) is 12.7. The van der Waals surface area contributed by atoms with Gasteiger partial charge in [0.05, 0.1) is 11.6 Å². The summed E-state index contributed by atoms with van der Waals surface area (Å²) in [4.78, 5) is 33.1. The van der Waals surface area contributed by atoms with Crippen LogP contribution in [0.2, 0.25) is 0 Å². The van der Waals surface area contributed by atoms with Gasteiger partial charge in [0, 0.05) is 67.7 Å². The van der Waals surface area contributed by atoms with Crippen LogP contribution in [-0.4, -0.2) is 63.4 Å². The Morgan fingerprint density at radius 3 is 2.53 bits per heavy atom. The molecule has 36 heavy (non-hydrogen) atoms. The molecule has 2 aromatic heterocycles. The topological polar surface area (TPSA) is 89.2 Å². The van der Waals surface area contributed by atoms with Crippen LogP contribution in [0.25, 0.3) is 0 Å². The highest BCUT2D eigenvalue weighted by molar-refractivity contribution is 5.81. The Balaban J connectivity index is 1.31. The van der Waals surface area contributed by atoms with Gasteiger partial charge in [-0.25, -0.2) is 23.7 Å². The highest BCUT2D eigenvalue weighted by Crippen LogP contribution is 2.56. The van der Waals surface area contributed by atoms with Crippen molar-refractivity contribution in [2.75, 3.05) is 29.4 Å². The van der Waals surface area contributed by atoms with Crippen LogP contribution < -0.4 is 9.80 Å². The molecule has 2 saturated carbocycles. The SMILES string of the molecule is C[C@@H]1CN(c2ncnc3c2C2(CCC2)CN3c2cc(C#N)ccn2)[C@@H](C)CN1C(=O)C1CC(F)(F)C1. The Kier molecular flexibility index (Phi) is 5.18. The molecule has 3 fully saturated rings. The minimum atomic E-state index is -2.71. The Labute approximate surface area is 208 Å². The first-order valence-electron chi connectivity index (χ1n) is 12.7. The third-order valence-electron chi connectivity index (χ3n) is 8.50. The third kappa shape index (κ3) is 3.51. The molecule has 0 aromatic carbocycles. The average Bonchev–Trinajstić information content (AvgIpc) is 3.20. The van der Waals surface area contributed by atoms with Gasteiger partial charge in [0.2, 0.25) is 11.8 Å². The lowest BCUT2D eigenvalue weighted by Crippen LogP contribution is -2.61. The number of anilines is 3. The number of aromatic nitrogens is 3. The lowest BCUT2D eigenvalue weighted by molar-refractivity contribution is -0.162. The van der Waals surface area contributed by atoms with E-state index >= 15 is 0 Å². The number of hydrogen-bond donors (Lipinski definition) is 0. The van der Waals surface area contributed by atoms with E-state index in [0.29, 0.717) is 24.5 Å². The molecule has 1 saturated heterocycles. The molecule has 0 N–H and O–H groups in total. The van der Waals surface area contributed by atoms with Gasteiger partial charge in [0.25, 0.3) is 0 Å². The number of nitrogens with zero attached hydrogens (tertiary/aromatic N) is 7. The second-order valence-electron chi connectivity index (χ2n) is 10.9. The molecule has 4 aliphatic rings. The van der Waals surface area contributed by atoms with Crippen molar-refractivity contribution < 1.29 is 13.6 Å². The van der Waals surface area contributed by atoms with Gasteiger partial charge in [-0.3, -0.25) is 4.79 Å². The molecule has 10 heteroatoms. The minimum Gasteiger partial charge on any atom is -0.350 e. The smallest absolute Gasteiger partial charge is 0.249 e. The second kappa shape index (κ2) is 8.08. The van der Waals surface area contributed by atoms with E-state index in [4.69, 9.17) is 4.98 Å². The summed E-state index contributed by atoms with van der Waals surface area (Å²) in [6.07, 6.45) is 5.75. The first kappa shape index (κ1) is 23.1. The number of rotatable bonds is 3. The highest BCUT2D eigenvalue weighted by Gasteiger charge is 2.53. The summed E-state index contributed by atoms with van der Waals surface area (Å²) in [7, 11) is 0. The van der Waals surface area contributed by atoms with E-state index in [-0.39, 0.29) is 36.2 Å². The largest absolute Gasteiger partial charge is 0.350 e. The summed E-state index contributed by atoms with van der Waals surface area (Å²) in [5.41, 5.74) is 1.61.